The molecule has 10 heteroatoms. The Morgan fingerprint density at radius 1 is 0.943 bits per heavy atom. The molecule has 2 amide bonds. The molecule has 1 aliphatic heterocycles. The third-order valence-electron chi connectivity index (χ3n) is 5.95. The lowest BCUT2D eigenvalue weighted by Crippen LogP contribution is -2.49. The Morgan fingerprint density at radius 3 is 2.26 bits per heavy atom. The highest BCUT2D eigenvalue weighted by Crippen LogP contribution is 2.35. The topological polar surface area (TPSA) is 141 Å². The number of ether oxygens (including phenoxy) is 2. The monoisotopic (exact) mass is 479 g/mol. The maximum absolute atomic E-state index is 13.3. The van der Waals surface area contributed by atoms with Gasteiger partial charge in [-0.05, 0) is 30.3 Å². The van der Waals surface area contributed by atoms with Gasteiger partial charge in [0.1, 0.15) is 17.0 Å². The van der Waals surface area contributed by atoms with Crippen LogP contribution in [0.1, 0.15) is 26.3 Å². The van der Waals surface area contributed by atoms with Crippen molar-refractivity contribution in [2.45, 2.75) is 5.54 Å². The third-order valence-corrected chi connectivity index (χ3v) is 5.95. The van der Waals surface area contributed by atoms with Crippen LogP contribution in [0.4, 0.5) is 5.69 Å². The number of methoxy groups -OCH3 is 2. The number of hydrogen-bond acceptors (Lipinski definition) is 9. The van der Waals surface area contributed by atoms with E-state index in [1.54, 1.807) is 42.5 Å². The average molecular weight is 479 g/mol. The minimum absolute atomic E-state index is 0.266. The molecule has 10 nitrogen and oxygen atoms in total. The minimum Gasteiger partial charge on any atom is -0.497 e. The smallest absolute Gasteiger partial charge is 0.282 e. The zero-order valence-electron chi connectivity index (χ0n) is 19.2. The second kappa shape index (κ2) is 9.71. The minimum atomic E-state index is -1.38. The molecule has 3 aromatic rings. The second-order valence-corrected chi connectivity index (χ2v) is 8.04. The van der Waals surface area contributed by atoms with E-state index in [9.17, 15) is 24.9 Å². The Balaban J connectivity index is 1.74. The normalized spacial score (nSPS) is 13.6. The fourth-order valence-corrected chi connectivity index (χ4v) is 3.90. The lowest BCUT2D eigenvalue weighted by molar-refractivity contribution is 0.0616. The van der Waals surface area contributed by atoms with E-state index in [0.717, 1.165) is 5.01 Å². The van der Waals surface area contributed by atoms with Crippen molar-refractivity contribution in [2.75, 3.05) is 39.4 Å². The molecule has 1 heterocycles. The predicted octanol–water partition coefficient (Wildman–Crippen LogP) is 1.61. The van der Waals surface area contributed by atoms with Crippen LogP contribution in [-0.2, 0) is 0 Å². The van der Waals surface area contributed by atoms with Crippen molar-refractivity contribution < 1.29 is 34.4 Å². The number of nitrogens with zero attached hydrogens (tertiary/aromatic N) is 2. The number of imide groups is 1. The number of carbonyl (C=O) groups is 2. The molecule has 0 radical (unpaired) electrons. The lowest BCUT2D eigenvalue weighted by Gasteiger charge is -2.31. The number of nitrogens with one attached hydrogen (secondary N) is 1. The number of aliphatic hydroxyl groups excluding tert-OH is 3. The zero-order valence-corrected chi connectivity index (χ0v) is 19.2. The Labute approximate surface area is 201 Å². The van der Waals surface area contributed by atoms with Gasteiger partial charge in [0.25, 0.3) is 11.8 Å². The maximum Gasteiger partial charge on any atom is 0.282 e. The summed E-state index contributed by atoms with van der Waals surface area (Å²) in [5, 5.41) is 37.9. The fraction of sp³-hybridized carbons (Fsp3) is 0.240. The molecule has 0 bridgehead atoms. The molecule has 0 saturated heterocycles. The van der Waals surface area contributed by atoms with Gasteiger partial charge in [-0.3, -0.25) is 9.59 Å². The molecule has 35 heavy (non-hydrogen) atoms. The number of aliphatic hydroxyl groups is 3. The molecule has 4 N–H and O–H groups in total. The quantitative estimate of drug-likeness (QED) is 0.268. The van der Waals surface area contributed by atoms with Gasteiger partial charge in [0.15, 0.2) is 0 Å². The SMILES string of the molecule is COc1ccc(C=NN2C(=O)c3cccc4c(NC(CO)(CO)CO)ccc(c34)C2=O)c(OC)c1. The number of anilines is 1. The Bertz CT molecular complexity index is 1290. The fourth-order valence-electron chi connectivity index (χ4n) is 3.90. The first-order chi connectivity index (χ1) is 16.9. The first-order valence-corrected chi connectivity index (χ1v) is 10.7. The van der Waals surface area contributed by atoms with Crippen LogP contribution < -0.4 is 14.8 Å². The highest BCUT2D eigenvalue weighted by atomic mass is 16.5. The molecule has 3 aromatic carbocycles. The zero-order chi connectivity index (χ0) is 25.2. The Kier molecular flexibility index (Phi) is 6.70. The van der Waals surface area contributed by atoms with Crippen molar-refractivity contribution >= 4 is 34.5 Å². The van der Waals surface area contributed by atoms with Crippen molar-refractivity contribution in [3.63, 3.8) is 0 Å². The van der Waals surface area contributed by atoms with E-state index in [2.05, 4.69) is 10.4 Å². The summed E-state index contributed by atoms with van der Waals surface area (Å²) in [7, 11) is 3.02. The van der Waals surface area contributed by atoms with Crippen LogP contribution in [0.2, 0.25) is 0 Å². The van der Waals surface area contributed by atoms with Gasteiger partial charge in [0.05, 0.1) is 51.4 Å². The maximum atomic E-state index is 13.3. The largest absolute Gasteiger partial charge is 0.497 e. The molecule has 0 aromatic heterocycles. The van der Waals surface area contributed by atoms with Gasteiger partial charge in [0.2, 0.25) is 0 Å². The molecule has 0 atom stereocenters. The number of benzene rings is 3. The number of carbonyl (C=O) groups excluding carboxylic acids is 2. The molecule has 1 aliphatic rings. The lowest BCUT2D eigenvalue weighted by atomic mass is 9.92. The van der Waals surface area contributed by atoms with Gasteiger partial charge in [-0.15, -0.1) is 0 Å². The number of hydrazone groups is 1. The molecular formula is C25H25N3O7. The van der Waals surface area contributed by atoms with E-state index in [-0.39, 0.29) is 11.1 Å². The summed E-state index contributed by atoms with van der Waals surface area (Å²) in [6.07, 6.45) is 1.37. The molecule has 182 valence electrons. The summed E-state index contributed by atoms with van der Waals surface area (Å²) in [6.45, 7) is -1.59. The summed E-state index contributed by atoms with van der Waals surface area (Å²) >= 11 is 0. The van der Waals surface area contributed by atoms with Gasteiger partial charge in [0, 0.05) is 28.1 Å². The van der Waals surface area contributed by atoms with Crippen molar-refractivity contribution in [3.8, 4) is 11.5 Å². The summed E-state index contributed by atoms with van der Waals surface area (Å²) < 4.78 is 10.5. The first-order valence-electron chi connectivity index (χ1n) is 10.7. The summed E-state index contributed by atoms with van der Waals surface area (Å²) in [5.74, 6) is -0.163. The van der Waals surface area contributed by atoms with Gasteiger partial charge in [-0.25, -0.2) is 0 Å². The molecule has 0 fully saturated rings. The van der Waals surface area contributed by atoms with Crippen molar-refractivity contribution in [1.29, 1.82) is 0 Å². The summed E-state index contributed by atoms with van der Waals surface area (Å²) in [5.41, 5.74) is 0.148. The van der Waals surface area contributed by atoms with Gasteiger partial charge < -0.3 is 30.1 Å². The first kappa shape index (κ1) is 24.1. The van der Waals surface area contributed by atoms with Crippen LogP contribution in [0.15, 0.2) is 53.6 Å². The molecular weight excluding hydrogens is 454 g/mol. The van der Waals surface area contributed by atoms with Crippen molar-refractivity contribution in [2.24, 2.45) is 5.10 Å². The van der Waals surface area contributed by atoms with Crippen molar-refractivity contribution in [3.05, 3.63) is 65.2 Å². The molecule has 4 rings (SSSR count). The van der Waals surface area contributed by atoms with E-state index >= 15 is 0 Å². The summed E-state index contributed by atoms with van der Waals surface area (Å²) in [6, 6.07) is 13.2. The van der Waals surface area contributed by atoms with Crippen LogP contribution >= 0.6 is 0 Å². The number of rotatable bonds is 9. The van der Waals surface area contributed by atoms with Gasteiger partial charge in [-0.1, -0.05) is 12.1 Å². The van der Waals surface area contributed by atoms with E-state index in [0.29, 0.717) is 33.5 Å². The Morgan fingerprint density at radius 2 is 1.63 bits per heavy atom. The van der Waals surface area contributed by atoms with Crippen LogP contribution in [0, 0.1) is 0 Å². The predicted molar refractivity (Wildman–Crippen MR) is 129 cm³/mol. The second-order valence-electron chi connectivity index (χ2n) is 8.04. The van der Waals surface area contributed by atoms with Crippen LogP contribution in [-0.4, -0.2) is 77.9 Å². The summed E-state index contributed by atoms with van der Waals surface area (Å²) in [4.78, 5) is 26.5. The molecule has 0 saturated carbocycles. The highest BCUT2D eigenvalue weighted by molar-refractivity contribution is 6.26. The standard InChI is InChI=1S/C25H25N3O7/c1-34-16-7-6-15(21(10-16)35-2)11-26-28-23(32)18-5-3-4-17-20(27-25(12-29,13-30)14-31)9-8-19(22(17)18)24(28)33/h3-11,27,29-31H,12-14H2,1-2H3. The van der Waals surface area contributed by atoms with E-state index < -0.39 is 37.2 Å². The van der Waals surface area contributed by atoms with Gasteiger partial charge >= 0.3 is 0 Å². The third kappa shape index (κ3) is 4.18. The highest BCUT2D eigenvalue weighted by Gasteiger charge is 2.35. The Hall–Kier alpha value is -3.99. The van der Waals surface area contributed by atoms with Crippen molar-refractivity contribution in [1.82, 2.24) is 5.01 Å². The van der Waals surface area contributed by atoms with E-state index in [4.69, 9.17) is 9.47 Å². The van der Waals surface area contributed by atoms with Crippen LogP contribution in [0.5, 0.6) is 11.5 Å². The van der Waals surface area contributed by atoms with E-state index in [1.165, 1.54) is 26.5 Å². The van der Waals surface area contributed by atoms with E-state index in [1.807, 2.05) is 0 Å². The average Bonchev–Trinajstić information content (AvgIpc) is 2.90. The van der Waals surface area contributed by atoms with Crippen LogP contribution in [0.3, 0.4) is 0 Å². The number of amides is 2. The number of hydrogen-bond donors (Lipinski definition) is 4. The molecule has 0 unspecified atom stereocenters. The van der Waals surface area contributed by atoms with Gasteiger partial charge in [-0.2, -0.15) is 10.1 Å². The molecule has 0 spiro atoms. The van der Waals surface area contributed by atoms with Crippen LogP contribution in [0.25, 0.3) is 10.8 Å². The molecule has 0 aliphatic carbocycles.